The van der Waals surface area contributed by atoms with Gasteiger partial charge in [-0.05, 0) is 51.9 Å². The number of carbonyl (C=O) groups excluding carboxylic acids is 1. The highest BCUT2D eigenvalue weighted by atomic mass is 16.5. The van der Waals surface area contributed by atoms with Gasteiger partial charge >= 0.3 is 0 Å². The third-order valence-corrected chi connectivity index (χ3v) is 5.92. The molecule has 0 aromatic rings. The van der Waals surface area contributed by atoms with E-state index in [-0.39, 0.29) is 5.92 Å². The van der Waals surface area contributed by atoms with Gasteiger partial charge in [-0.25, -0.2) is 0 Å². The van der Waals surface area contributed by atoms with Gasteiger partial charge in [-0.1, -0.05) is 13.8 Å². The highest BCUT2D eigenvalue weighted by molar-refractivity contribution is 5.80. The number of amides is 1. The minimum Gasteiger partial charge on any atom is -0.381 e. The summed E-state index contributed by atoms with van der Waals surface area (Å²) in [5, 5.41) is 6.90. The number of likely N-dealkylation sites (tertiary alicyclic amines) is 1. The Labute approximate surface area is 177 Å². The van der Waals surface area contributed by atoms with Crippen molar-refractivity contribution in [3.63, 3.8) is 0 Å². The minimum atomic E-state index is 0.182. The number of aliphatic imine (C=N–C) groups is 1. The molecule has 2 aliphatic rings. The van der Waals surface area contributed by atoms with Gasteiger partial charge in [0.15, 0.2) is 5.96 Å². The molecule has 7 heteroatoms. The zero-order chi connectivity index (χ0) is 20.9. The van der Waals surface area contributed by atoms with E-state index in [4.69, 9.17) is 14.5 Å². The van der Waals surface area contributed by atoms with E-state index in [1.165, 1.54) is 0 Å². The number of piperidine rings is 1. The summed E-state index contributed by atoms with van der Waals surface area (Å²) in [6, 6.07) is 0.372. The van der Waals surface area contributed by atoms with E-state index in [0.717, 1.165) is 96.9 Å². The summed E-state index contributed by atoms with van der Waals surface area (Å²) in [6.45, 7) is 12.0. The molecule has 0 radical (unpaired) electrons. The average Bonchev–Trinajstić information content (AvgIpc) is 2.75. The van der Waals surface area contributed by atoms with Crippen LogP contribution in [0.3, 0.4) is 0 Å². The molecule has 7 nitrogen and oxygen atoms in total. The Bertz CT molecular complexity index is 482. The SMILES string of the molecule is CCNC(=NCCCOC1CCOCC1)NC1CCN(C(=O)C(CC)CC)CC1. The van der Waals surface area contributed by atoms with Gasteiger partial charge in [0, 0.05) is 58.0 Å². The van der Waals surface area contributed by atoms with Crippen molar-refractivity contribution in [2.75, 3.05) is 46.0 Å². The van der Waals surface area contributed by atoms with Gasteiger partial charge in [0.05, 0.1) is 6.10 Å². The smallest absolute Gasteiger partial charge is 0.225 e. The normalized spacial score (nSPS) is 19.6. The number of nitrogens with zero attached hydrogens (tertiary/aromatic N) is 2. The maximum absolute atomic E-state index is 12.6. The fourth-order valence-electron chi connectivity index (χ4n) is 4.00. The molecule has 2 aliphatic heterocycles. The van der Waals surface area contributed by atoms with E-state index in [1.807, 2.05) is 4.90 Å². The largest absolute Gasteiger partial charge is 0.381 e. The molecule has 2 saturated heterocycles. The maximum atomic E-state index is 12.6. The molecular formula is C22H42N4O3. The highest BCUT2D eigenvalue weighted by Crippen LogP contribution is 2.17. The number of hydrogen-bond acceptors (Lipinski definition) is 4. The van der Waals surface area contributed by atoms with E-state index in [0.29, 0.717) is 18.1 Å². The van der Waals surface area contributed by atoms with E-state index >= 15 is 0 Å². The van der Waals surface area contributed by atoms with Crippen molar-refractivity contribution in [3.8, 4) is 0 Å². The molecule has 0 atom stereocenters. The van der Waals surface area contributed by atoms with Crippen LogP contribution in [0.25, 0.3) is 0 Å². The molecule has 2 heterocycles. The Balaban J connectivity index is 1.68. The number of hydrogen-bond donors (Lipinski definition) is 2. The first-order chi connectivity index (χ1) is 14.2. The molecule has 0 unspecified atom stereocenters. The first-order valence-corrected chi connectivity index (χ1v) is 11.7. The first-order valence-electron chi connectivity index (χ1n) is 11.7. The lowest BCUT2D eigenvalue weighted by Gasteiger charge is -2.34. The molecule has 0 spiro atoms. The Morgan fingerprint density at radius 1 is 1.14 bits per heavy atom. The molecule has 0 saturated carbocycles. The molecule has 2 N–H and O–H groups in total. The van der Waals surface area contributed by atoms with Gasteiger partial charge in [0.25, 0.3) is 0 Å². The Kier molecular flexibility index (Phi) is 11.4. The number of carbonyl (C=O) groups is 1. The van der Waals surface area contributed by atoms with Crippen LogP contribution in [-0.2, 0) is 14.3 Å². The fourth-order valence-corrected chi connectivity index (χ4v) is 4.00. The van der Waals surface area contributed by atoms with Crippen molar-refractivity contribution >= 4 is 11.9 Å². The van der Waals surface area contributed by atoms with Gasteiger partial charge in [-0.3, -0.25) is 9.79 Å². The Morgan fingerprint density at radius 2 is 1.83 bits per heavy atom. The van der Waals surface area contributed by atoms with Crippen LogP contribution in [0, 0.1) is 5.92 Å². The maximum Gasteiger partial charge on any atom is 0.225 e. The van der Waals surface area contributed by atoms with Crippen LogP contribution >= 0.6 is 0 Å². The van der Waals surface area contributed by atoms with E-state index in [9.17, 15) is 4.79 Å². The van der Waals surface area contributed by atoms with E-state index in [2.05, 4.69) is 31.4 Å². The van der Waals surface area contributed by atoms with Gasteiger partial charge in [-0.2, -0.15) is 0 Å². The number of rotatable bonds is 10. The van der Waals surface area contributed by atoms with Crippen LogP contribution in [0.5, 0.6) is 0 Å². The summed E-state index contributed by atoms with van der Waals surface area (Å²) in [5.74, 6) is 1.39. The fraction of sp³-hybridized carbons (Fsp3) is 0.909. The van der Waals surface area contributed by atoms with Gasteiger partial charge in [-0.15, -0.1) is 0 Å². The predicted octanol–water partition coefficient (Wildman–Crippen LogP) is 2.55. The molecule has 0 bridgehead atoms. The van der Waals surface area contributed by atoms with Gasteiger partial charge in [0.1, 0.15) is 0 Å². The van der Waals surface area contributed by atoms with E-state index < -0.39 is 0 Å². The predicted molar refractivity (Wildman–Crippen MR) is 117 cm³/mol. The zero-order valence-electron chi connectivity index (χ0n) is 18.8. The lowest BCUT2D eigenvalue weighted by atomic mass is 9.98. The number of nitrogens with one attached hydrogen (secondary N) is 2. The van der Waals surface area contributed by atoms with E-state index in [1.54, 1.807) is 0 Å². The van der Waals surface area contributed by atoms with Gasteiger partial charge < -0.3 is 25.0 Å². The first kappa shape index (κ1) is 23.9. The molecule has 0 aromatic carbocycles. The summed E-state index contributed by atoms with van der Waals surface area (Å²) in [6.07, 6.45) is 7.11. The van der Waals surface area contributed by atoms with Crippen molar-refractivity contribution in [2.45, 2.75) is 77.9 Å². The van der Waals surface area contributed by atoms with Crippen molar-refractivity contribution in [1.82, 2.24) is 15.5 Å². The number of guanidine groups is 1. The quantitative estimate of drug-likeness (QED) is 0.329. The van der Waals surface area contributed by atoms with Crippen molar-refractivity contribution in [2.24, 2.45) is 10.9 Å². The second-order valence-corrected chi connectivity index (χ2v) is 8.05. The van der Waals surface area contributed by atoms with Crippen LogP contribution < -0.4 is 10.6 Å². The summed E-state index contributed by atoms with van der Waals surface area (Å²) < 4.78 is 11.3. The molecule has 1 amide bonds. The standard InChI is InChI=1S/C22H42N4O3/c1-4-18(5-2)21(27)26-13-8-19(9-14-26)25-22(23-6-3)24-12-7-15-29-20-10-16-28-17-11-20/h18-20H,4-17H2,1-3H3,(H2,23,24,25). The minimum absolute atomic E-state index is 0.182. The van der Waals surface area contributed by atoms with Crippen LogP contribution in [0.2, 0.25) is 0 Å². The molecule has 29 heavy (non-hydrogen) atoms. The van der Waals surface area contributed by atoms with Crippen molar-refractivity contribution < 1.29 is 14.3 Å². The van der Waals surface area contributed by atoms with Crippen LogP contribution in [0.4, 0.5) is 0 Å². The zero-order valence-corrected chi connectivity index (χ0v) is 18.8. The van der Waals surface area contributed by atoms with Crippen molar-refractivity contribution in [1.29, 1.82) is 0 Å². The highest BCUT2D eigenvalue weighted by Gasteiger charge is 2.26. The third-order valence-electron chi connectivity index (χ3n) is 5.92. The lowest BCUT2D eigenvalue weighted by Crippen LogP contribution is -2.50. The second kappa shape index (κ2) is 13.8. The molecular weight excluding hydrogens is 368 g/mol. The molecule has 168 valence electrons. The van der Waals surface area contributed by atoms with Crippen LogP contribution in [-0.4, -0.2) is 74.9 Å². The van der Waals surface area contributed by atoms with Crippen LogP contribution in [0.1, 0.15) is 65.7 Å². The van der Waals surface area contributed by atoms with Crippen molar-refractivity contribution in [3.05, 3.63) is 0 Å². The summed E-state index contributed by atoms with van der Waals surface area (Å²) in [7, 11) is 0. The van der Waals surface area contributed by atoms with Crippen LogP contribution in [0.15, 0.2) is 4.99 Å². The monoisotopic (exact) mass is 410 g/mol. The Hall–Kier alpha value is -1.34. The third kappa shape index (κ3) is 8.51. The molecule has 2 fully saturated rings. The molecule has 0 aromatic heterocycles. The molecule has 2 rings (SSSR count). The molecule has 0 aliphatic carbocycles. The Morgan fingerprint density at radius 3 is 2.45 bits per heavy atom. The topological polar surface area (TPSA) is 75.2 Å². The van der Waals surface area contributed by atoms with Gasteiger partial charge in [0.2, 0.25) is 5.91 Å². The summed E-state index contributed by atoms with van der Waals surface area (Å²) >= 11 is 0. The number of ether oxygens (including phenoxy) is 2. The second-order valence-electron chi connectivity index (χ2n) is 8.05. The summed E-state index contributed by atoms with van der Waals surface area (Å²) in [5.41, 5.74) is 0. The summed E-state index contributed by atoms with van der Waals surface area (Å²) in [4.78, 5) is 19.3. The lowest BCUT2D eigenvalue weighted by molar-refractivity contribution is -0.136. The average molecular weight is 411 g/mol.